The van der Waals surface area contributed by atoms with Gasteiger partial charge in [-0.3, -0.25) is 4.79 Å². The number of amides is 1. The van der Waals surface area contributed by atoms with Gasteiger partial charge in [-0.1, -0.05) is 13.8 Å². The van der Waals surface area contributed by atoms with Crippen molar-refractivity contribution in [2.75, 3.05) is 33.2 Å². The van der Waals surface area contributed by atoms with Gasteiger partial charge in [-0.25, -0.2) is 0 Å². The molecule has 2 atom stereocenters. The number of nitrogens with zero attached hydrogens (tertiary/aromatic N) is 2. The topological polar surface area (TPSA) is 35.6 Å². The molecule has 2 fully saturated rings. The van der Waals surface area contributed by atoms with Crippen LogP contribution < -0.4 is 5.32 Å². The minimum absolute atomic E-state index is 0.0321. The normalized spacial score (nSPS) is 33.3. The van der Waals surface area contributed by atoms with Crippen LogP contribution in [-0.4, -0.2) is 61.0 Å². The lowest BCUT2D eigenvalue weighted by atomic mass is 9.97. The van der Waals surface area contributed by atoms with Crippen molar-refractivity contribution in [3.05, 3.63) is 0 Å². The van der Waals surface area contributed by atoms with E-state index in [0.29, 0.717) is 17.9 Å². The standard InChI is InChI=1S/C11H21N3O/c1-8(2)10-11(15)14-5-4-13(3)7-9(14)6-12-10/h8-10,12H,4-7H2,1-3H3. The summed E-state index contributed by atoms with van der Waals surface area (Å²) in [6.45, 7) is 8.05. The zero-order valence-electron chi connectivity index (χ0n) is 9.86. The lowest BCUT2D eigenvalue weighted by Crippen LogP contribution is -2.67. The van der Waals surface area contributed by atoms with Crippen LogP contribution >= 0.6 is 0 Å². The summed E-state index contributed by atoms with van der Waals surface area (Å²) < 4.78 is 0. The number of likely N-dealkylation sites (N-methyl/N-ethyl adjacent to an activating group) is 1. The van der Waals surface area contributed by atoms with Crippen molar-refractivity contribution >= 4 is 5.91 Å². The van der Waals surface area contributed by atoms with E-state index in [1.807, 2.05) is 0 Å². The van der Waals surface area contributed by atoms with Gasteiger partial charge in [-0.2, -0.15) is 0 Å². The highest BCUT2D eigenvalue weighted by molar-refractivity contribution is 5.83. The Kier molecular flexibility index (Phi) is 2.98. The fourth-order valence-electron chi connectivity index (χ4n) is 2.53. The molecule has 0 bridgehead atoms. The van der Waals surface area contributed by atoms with Crippen molar-refractivity contribution in [2.24, 2.45) is 5.92 Å². The van der Waals surface area contributed by atoms with Gasteiger partial charge in [0.2, 0.25) is 5.91 Å². The van der Waals surface area contributed by atoms with E-state index in [2.05, 4.69) is 36.0 Å². The molecule has 0 aliphatic carbocycles. The Morgan fingerprint density at radius 1 is 1.40 bits per heavy atom. The summed E-state index contributed by atoms with van der Waals surface area (Å²) in [5.74, 6) is 0.687. The first-order valence-corrected chi connectivity index (χ1v) is 5.82. The number of carbonyl (C=O) groups excluding carboxylic acids is 1. The van der Waals surface area contributed by atoms with E-state index in [1.54, 1.807) is 0 Å². The maximum absolute atomic E-state index is 12.2. The molecule has 0 saturated carbocycles. The molecule has 1 N–H and O–H groups in total. The van der Waals surface area contributed by atoms with Crippen molar-refractivity contribution < 1.29 is 4.79 Å². The molecule has 2 saturated heterocycles. The van der Waals surface area contributed by atoms with Crippen LogP contribution in [0, 0.1) is 5.92 Å². The van der Waals surface area contributed by atoms with Crippen molar-refractivity contribution in [1.29, 1.82) is 0 Å². The number of nitrogens with one attached hydrogen (secondary N) is 1. The van der Waals surface area contributed by atoms with Crippen molar-refractivity contribution in [1.82, 2.24) is 15.1 Å². The third-order valence-electron chi connectivity index (χ3n) is 3.48. The predicted molar refractivity (Wildman–Crippen MR) is 59.6 cm³/mol. The number of rotatable bonds is 1. The molecule has 86 valence electrons. The van der Waals surface area contributed by atoms with Crippen LogP contribution in [-0.2, 0) is 4.79 Å². The number of hydrogen-bond acceptors (Lipinski definition) is 3. The zero-order chi connectivity index (χ0) is 11.0. The molecule has 0 aromatic heterocycles. The highest BCUT2D eigenvalue weighted by Gasteiger charge is 2.38. The molecule has 2 aliphatic rings. The summed E-state index contributed by atoms with van der Waals surface area (Å²) in [6.07, 6.45) is 0. The summed E-state index contributed by atoms with van der Waals surface area (Å²) in [7, 11) is 2.12. The van der Waals surface area contributed by atoms with Gasteiger partial charge in [0, 0.05) is 26.2 Å². The monoisotopic (exact) mass is 211 g/mol. The van der Waals surface area contributed by atoms with E-state index in [4.69, 9.17) is 0 Å². The summed E-state index contributed by atoms with van der Waals surface area (Å²) >= 11 is 0. The Bertz CT molecular complexity index is 254. The lowest BCUT2D eigenvalue weighted by molar-refractivity contribution is -0.142. The van der Waals surface area contributed by atoms with Crippen LogP contribution in [0.1, 0.15) is 13.8 Å². The number of piperazine rings is 2. The highest BCUT2D eigenvalue weighted by Crippen LogP contribution is 2.17. The van der Waals surface area contributed by atoms with Crippen LogP contribution in [0.15, 0.2) is 0 Å². The molecule has 15 heavy (non-hydrogen) atoms. The largest absolute Gasteiger partial charge is 0.334 e. The third-order valence-corrected chi connectivity index (χ3v) is 3.48. The quantitative estimate of drug-likeness (QED) is 0.650. The fraction of sp³-hybridized carbons (Fsp3) is 0.909. The molecule has 2 heterocycles. The Hall–Kier alpha value is -0.610. The molecule has 0 aromatic carbocycles. The molecule has 0 spiro atoms. The van der Waals surface area contributed by atoms with Gasteiger partial charge in [-0.15, -0.1) is 0 Å². The molecule has 4 nitrogen and oxygen atoms in total. The molecule has 2 rings (SSSR count). The third kappa shape index (κ3) is 2.01. The summed E-state index contributed by atoms with van der Waals surface area (Å²) in [6, 6.07) is 0.413. The second-order valence-electron chi connectivity index (χ2n) is 5.08. The minimum Gasteiger partial charge on any atom is -0.334 e. The van der Waals surface area contributed by atoms with E-state index >= 15 is 0 Å². The Morgan fingerprint density at radius 3 is 2.80 bits per heavy atom. The molecule has 1 amide bonds. The smallest absolute Gasteiger partial charge is 0.240 e. The van der Waals surface area contributed by atoms with E-state index in [1.165, 1.54) is 0 Å². The van der Waals surface area contributed by atoms with Gasteiger partial charge < -0.3 is 15.1 Å². The van der Waals surface area contributed by atoms with Crippen molar-refractivity contribution in [3.63, 3.8) is 0 Å². The Morgan fingerprint density at radius 2 is 2.13 bits per heavy atom. The van der Waals surface area contributed by atoms with Crippen molar-refractivity contribution in [2.45, 2.75) is 25.9 Å². The maximum atomic E-state index is 12.2. The predicted octanol–water partition coefficient (Wildman–Crippen LogP) is -0.243. The van der Waals surface area contributed by atoms with Crippen LogP contribution in [0.2, 0.25) is 0 Å². The average Bonchev–Trinajstić information content (AvgIpc) is 2.17. The van der Waals surface area contributed by atoms with Gasteiger partial charge in [0.05, 0.1) is 12.1 Å². The van der Waals surface area contributed by atoms with E-state index in [9.17, 15) is 4.79 Å². The molecule has 0 aromatic rings. The number of fused-ring (bicyclic) bond motifs is 1. The first kappa shape index (κ1) is 10.9. The lowest BCUT2D eigenvalue weighted by Gasteiger charge is -2.46. The van der Waals surface area contributed by atoms with Gasteiger partial charge >= 0.3 is 0 Å². The van der Waals surface area contributed by atoms with E-state index in [0.717, 1.165) is 26.2 Å². The Labute approximate surface area is 91.6 Å². The number of carbonyl (C=O) groups is 1. The molecule has 2 aliphatic heterocycles. The van der Waals surface area contributed by atoms with Crippen LogP contribution in [0.4, 0.5) is 0 Å². The minimum atomic E-state index is 0.0321. The summed E-state index contributed by atoms with van der Waals surface area (Å²) in [5, 5.41) is 3.37. The molecule has 4 heteroatoms. The summed E-state index contributed by atoms with van der Waals surface area (Å²) in [4.78, 5) is 16.5. The van der Waals surface area contributed by atoms with Crippen LogP contribution in [0.3, 0.4) is 0 Å². The van der Waals surface area contributed by atoms with Gasteiger partial charge in [0.1, 0.15) is 0 Å². The first-order valence-electron chi connectivity index (χ1n) is 5.82. The fourth-order valence-corrected chi connectivity index (χ4v) is 2.53. The SMILES string of the molecule is CC(C)C1NCC2CN(C)CCN2C1=O. The average molecular weight is 211 g/mol. The highest BCUT2D eigenvalue weighted by atomic mass is 16.2. The molecular weight excluding hydrogens is 190 g/mol. The van der Waals surface area contributed by atoms with Gasteiger partial charge in [0.15, 0.2) is 0 Å². The Balaban J connectivity index is 2.06. The van der Waals surface area contributed by atoms with Crippen LogP contribution in [0.5, 0.6) is 0 Å². The van der Waals surface area contributed by atoms with Crippen LogP contribution in [0.25, 0.3) is 0 Å². The second kappa shape index (κ2) is 4.10. The molecule has 0 radical (unpaired) electrons. The molecule has 2 unspecified atom stereocenters. The van der Waals surface area contributed by atoms with Crippen molar-refractivity contribution in [3.8, 4) is 0 Å². The van der Waals surface area contributed by atoms with Gasteiger partial charge in [-0.05, 0) is 13.0 Å². The van der Waals surface area contributed by atoms with E-state index in [-0.39, 0.29) is 6.04 Å². The first-order chi connectivity index (χ1) is 7.09. The maximum Gasteiger partial charge on any atom is 0.240 e. The second-order valence-corrected chi connectivity index (χ2v) is 5.08. The number of hydrogen-bond donors (Lipinski definition) is 1. The zero-order valence-corrected chi connectivity index (χ0v) is 9.86. The van der Waals surface area contributed by atoms with E-state index < -0.39 is 0 Å². The summed E-state index contributed by atoms with van der Waals surface area (Å²) in [5.41, 5.74) is 0. The molecular formula is C11H21N3O. The van der Waals surface area contributed by atoms with Gasteiger partial charge in [0.25, 0.3) is 0 Å².